The zero-order valence-corrected chi connectivity index (χ0v) is 14.0. The van der Waals surface area contributed by atoms with Crippen molar-refractivity contribution in [1.29, 1.82) is 0 Å². The number of nitrogens with zero attached hydrogens (tertiary/aromatic N) is 4. The number of pyridine rings is 1. The first-order valence-electron chi connectivity index (χ1n) is 8.73. The normalized spacial score (nSPS) is 17.7. The van der Waals surface area contributed by atoms with Crippen LogP contribution in [0.5, 0.6) is 0 Å². The second kappa shape index (κ2) is 5.59. The molecule has 1 saturated carbocycles. The number of hydrogen-bond donors (Lipinski definition) is 1. The number of imidazole rings is 1. The van der Waals surface area contributed by atoms with Crippen LogP contribution >= 0.6 is 0 Å². The fraction of sp³-hybridized carbons (Fsp3) is 0.316. The van der Waals surface area contributed by atoms with Gasteiger partial charge in [-0.25, -0.2) is 23.7 Å². The van der Waals surface area contributed by atoms with Crippen LogP contribution in [0.1, 0.15) is 36.1 Å². The van der Waals surface area contributed by atoms with Crippen LogP contribution in [0.15, 0.2) is 36.9 Å². The average molecular weight is 353 g/mol. The van der Waals surface area contributed by atoms with Crippen molar-refractivity contribution in [2.75, 3.05) is 11.9 Å². The van der Waals surface area contributed by atoms with Gasteiger partial charge in [0.2, 0.25) is 5.95 Å². The zero-order chi connectivity index (χ0) is 17.7. The molecule has 0 saturated heterocycles. The predicted molar refractivity (Wildman–Crippen MR) is 94.1 cm³/mol. The lowest BCUT2D eigenvalue weighted by Gasteiger charge is -2.33. The molecule has 3 aromatic rings. The molecular weight excluding hydrogens is 336 g/mol. The Hall–Kier alpha value is -2.83. The number of allylic oxidation sites excluding steroid dienone is 1. The fourth-order valence-corrected chi connectivity index (χ4v) is 3.58. The molecule has 0 aliphatic heterocycles. The van der Waals surface area contributed by atoms with Crippen LogP contribution in [0.2, 0.25) is 0 Å². The van der Waals surface area contributed by atoms with Crippen LogP contribution in [-0.4, -0.2) is 31.6 Å². The van der Waals surface area contributed by atoms with Crippen molar-refractivity contribution in [3.05, 3.63) is 59.6 Å². The third kappa shape index (κ3) is 2.46. The molecule has 5 rings (SSSR count). The largest absolute Gasteiger partial charge is 0.351 e. The molecule has 5 nitrogen and oxygen atoms in total. The van der Waals surface area contributed by atoms with Gasteiger partial charge in [-0.3, -0.25) is 0 Å². The third-order valence-electron chi connectivity index (χ3n) is 5.22. The molecule has 0 unspecified atom stereocenters. The quantitative estimate of drug-likeness (QED) is 0.779. The molecule has 3 heterocycles. The van der Waals surface area contributed by atoms with Gasteiger partial charge in [0, 0.05) is 42.3 Å². The molecule has 0 bridgehead atoms. The van der Waals surface area contributed by atoms with Gasteiger partial charge < -0.3 is 9.72 Å². The third-order valence-corrected chi connectivity index (χ3v) is 5.22. The maximum Gasteiger partial charge on any atom is 0.223 e. The molecule has 26 heavy (non-hydrogen) atoms. The molecule has 3 aromatic heterocycles. The SMILES string of the molecule is Fc1cc(C2=CCc3nc(NCC4(F)CCC4)ncc32)cn2ccnc12. The number of anilines is 1. The highest BCUT2D eigenvalue weighted by Crippen LogP contribution is 2.36. The number of alkyl halides is 1. The first-order chi connectivity index (χ1) is 12.6. The number of fused-ring (bicyclic) bond motifs is 2. The summed E-state index contributed by atoms with van der Waals surface area (Å²) in [5.41, 5.74) is 2.59. The van der Waals surface area contributed by atoms with E-state index in [0.717, 1.165) is 28.8 Å². The Morgan fingerprint density at radius 3 is 2.96 bits per heavy atom. The number of hydrogen-bond acceptors (Lipinski definition) is 4. The van der Waals surface area contributed by atoms with E-state index < -0.39 is 5.67 Å². The first kappa shape index (κ1) is 15.4. The Balaban J connectivity index is 1.42. The molecule has 1 fully saturated rings. The van der Waals surface area contributed by atoms with Crippen LogP contribution in [0.4, 0.5) is 14.7 Å². The monoisotopic (exact) mass is 353 g/mol. The van der Waals surface area contributed by atoms with Crippen molar-refractivity contribution in [1.82, 2.24) is 19.4 Å². The van der Waals surface area contributed by atoms with Crippen molar-refractivity contribution in [3.63, 3.8) is 0 Å². The topological polar surface area (TPSA) is 55.1 Å². The Labute approximate surface area is 148 Å². The van der Waals surface area contributed by atoms with Crippen molar-refractivity contribution >= 4 is 17.2 Å². The minimum atomic E-state index is -1.12. The van der Waals surface area contributed by atoms with Gasteiger partial charge in [0.05, 0.1) is 12.2 Å². The van der Waals surface area contributed by atoms with E-state index in [4.69, 9.17) is 0 Å². The van der Waals surface area contributed by atoms with Gasteiger partial charge in [0.15, 0.2) is 11.5 Å². The summed E-state index contributed by atoms with van der Waals surface area (Å²) in [6.45, 7) is 0.245. The van der Waals surface area contributed by atoms with Crippen molar-refractivity contribution in [3.8, 4) is 0 Å². The van der Waals surface area contributed by atoms with Crippen LogP contribution in [0.25, 0.3) is 11.2 Å². The molecule has 0 radical (unpaired) electrons. The molecule has 0 atom stereocenters. The van der Waals surface area contributed by atoms with Crippen LogP contribution in [-0.2, 0) is 6.42 Å². The van der Waals surface area contributed by atoms with Gasteiger partial charge in [-0.15, -0.1) is 0 Å². The minimum Gasteiger partial charge on any atom is -0.351 e. The van der Waals surface area contributed by atoms with Crippen molar-refractivity contribution < 1.29 is 8.78 Å². The fourth-order valence-electron chi connectivity index (χ4n) is 3.58. The molecule has 0 spiro atoms. The number of rotatable bonds is 4. The minimum absolute atomic E-state index is 0.245. The molecule has 2 aliphatic rings. The molecule has 1 N–H and O–H groups in total. The molecular formula is C19H17F2N5. The van der Waals surface area contributed by atoms with E-state index in [0.29, 0.717) is 30.9 Å². The number of halogens is 2. The molecule has 132 valence electrons. The summed E-state index contributed by atoms with van der Waals surface area (Å²) in [4.78, 5) is 12.8. The molecule has 7 heteroatoms. The summed E-state index contributed by atoms with van der Waals surface area (Å²) in [5, 5.41) is 3.01. The standard InChI is InChI=1S/C19H17F2N5/c20-15-8-12(10-26-7-6-22-17(15)26)13-2-3-16-14(13)9-23-18(25-16)24-11-19(21)4-1-5-19/h2,6-10H,1,3-5,11H2,(H,23,24,25). The maximum atomic E-state index is 14.2. The predicted octanol–water partition coefficient (Wildman–Crippen LogP) is 3.56. The van der Waals surface area contributed by atoms with Crippen LogP contribution in [0.3, 0.4) is 0 Å². The van der Waals surface area contributed by atoms with E-state index in [1.165, 1.54) is 6.07 Å². The molecule has 0 aromatic carbocycles. The van der Waals surface area contributed by atoms with Gasteiger partial charge in [0.1, 0.15) is 5.67 Å². The Morgan fingerprint density at radius 2 is 2.15 bits per heavy atom. The molecule has 0 amide bonds. The van der Waals surface area contributed by atoms with Gasteiger partial charge in [-0.1, -0.05) is 6.08 Å². The van der Waals surface area contributed by atoms with Gasteiger partial charge >= 0.3 is 0 Å². The van der Waals surface area contributed by atoms with E-state index >= 15 is 0 Å². The molecule has 2 aliphatic carbocycles. The highest BCUT2D eigenvalue weighted by atomic mass is 19.1. The number of aromatic nitrogens is 4. The Bertz CT molecular complexity index is 1040. The second-order valence-corrected chi connectivity index (χ2v) is 6.97. The van der Waals surface area contributed by atoms with Gasteiger partial charge in [-0.2, -0.15) is 0 Å². The van der Waals surface area contributed by atoms with E-state index in [2.05, 4.69) is 20.3 Å². The van der Waals surface area contributed by atoms with Gasteiger partial charge in [0.25, 0.3) is 0 Å². The maximum absolute atomic E-state index is 14.2. The van der Waals surface area contributed by atoms with E-state index in [1.807, 2.05) is 12.3 Å². The average Bonchev–Trinajstić information content (AvgIpc) is 3.24. The highest BCUT2D eigenvalue weighted by molar-refractivity contribution is 5.84. The summed E-state index contributed by atoms with van der Waals surface area (Å²) < 4.78 is 30.0. The van der Waals surface area contributed by atoms with Crippen molar-refractivity contribution in [2.45, 2.75) is 31.4 Å². The summed E-state index contributed by atoms with van der Waals surface area (Å²) in [6.07, 6.45) is 11.7. The summed E-state index contributed by atoms with van der Waals surface area (Å²) in [5.74, 6) is 0.0772. The van der Waals surface area contributed by atoms with E-state index in [1.54, 1.807) is 23.0 Å². The van der Waals surface area contributed by atoms with Gasteiger partial charge in [-0.05, 0) is 30.9 Å². The first-order valence-corrected chi connectivity index (χ1v) is 8.73. The summed E-state index contributed by atoms with van der Waals surface area (Å²) in [6, 6.07) is 1.48. The van der Waals surface area contributed by atoms with Crippen LogP contribution in [0, 0.1) is 5.82 Å². The summed E-state index contributed by atoms with van der Waals surface area (Å²) in [7, 11) is 0. The van der Waals surface area contributed by atoms with E-state index in [9.17, 15) is 8.78 Å². The summed E-state index contributed by atoms with van der Waals surface area (Å²) >= 11 is 0. The number of nitrogens with one attached hydrogen (secondary N) is 1. The zero-order valence-electron chi connectivity index (χ0n) is 14.0. The second-order valence-electron chi connectivity index (χ2n) is 6.97. The Morgan fingerprint density at radius 1 is 1.27 bits per heavy atom. The van der Waals surface area contributed by atoms with Crippen LogP contribution < -0.4 is 5.32 Å². The lowest BCUT2D eigenvalue weighted by Crippen LogP contribution is -2.39. The van der Waals surface area contributed by atoms with E-state index in [-0.39, 0.29) is 12.4 Å². The van der Waals surface area contributed by atoms with Crippen molar-refractivity contribution in [2.24, 2.45) is 0 Å². The lowest BCUT2D eigenvalue weighted by atomic mass is 9.82. The highest BCUT2D eigenvalue weighted by Gasteiger charge is 2.36. The lowest BCUT2D eigenvalue weighted by molar-refractivity contribution is 0.0782. The Kier molecular flexibility index (Phi) is 3.32. The smallest absolute Gasteiger partial charge is 0.223 e.